The van der Waals surface area contributed by atoms with Gasteiger partial charge in [0.15, 0.2) is 0 Å². The third kappa shape index (κ3) is 3.38. The number of amides is 1. The topological polar surface area (TPSA) is 46.1 Å². The van der Waals surface area contributed by atoms with Crippen molar-refractivity contribution in [1.29, 1.82) is 0 Å². The van der Waals surface area contributed by atoms with E-state index >= 15 is 0 Å². The second-order valence-electron chi connectivity index (χ2n) is 6.78. The molecule has 0 spiro atoms. The predicted molar refractivity (Wildman–Crippen MR) is 97.9 cm³/mol. The molecule has 4 nitrogen and oxygen atoms in total. The minimum absolute atomic E-state index is 0.218. The molecule has 0 saturated carbocycles. The van der Waals surface area contributed by atoms with Gasteiger partial charge in [-0.25, -0.2) is 9.97 Å². The summed E-state index contributed by atoms with van der Waals surface area (Å²) in [4.78, 5) is 23.7. The number of rotatable bonds is 4. The largest absolute Gasteiger partial charge is 0.336 e. The summed E-state index contributed by atoms with van der Waals surface area (Å²) in [6, 6.07) is 18.3. The van der Waals surface area contributed by atoms with Crippen LogP contribution in [0.2, 0.25) is 0 Å². The Morgan fingerprint density at radius 1 is 1.00 bits per heavy atom. The predicted octanol–water partition coefficient (Wildman–Crippen LogP) is 3.53. The number of aromatic nitrogens is 2. The maximum atomic E-state index is 12.4. The van der Waals surface area contributed by atoms with Crippen LogP contribution in [0, 0.1) is 12.8 Å². The van der Waals surface area contributed by atoms with Gasteiger partial charge in [0.25, 0.3) is 0 Å². The van der Waals surface area contributed by atoms with Gasteiger partial charge in [0.05, 0.1) is 29.0 Å². The first kappa shape index (κ1) is 15.8. The van der Waals surface area contributed by atoms with Crippen molar-refractivity contribution >= 4 is 16.9 Å². The van der Waals surface area contributed by atoms with Crippen LogP contribution >= 0.6 is 0 Å². The van der Waals surface area contributed by atoms with E-state index in [2.05, 4.69) is 29.2 Å². The molecule has 1 aromatic heterocycles. The van der Waals surface area contributed by atoms with Crippen LogP contribution in [-0.2, 0) is 17.8 Å². The molecule has 1 atom stereocenters. The molecule has 1 fully saturated rings. The van der Waals surface area contributed by atoms with Crippen LogP contribution in [0.4, 0.5) is 0 Å². The molecule has 2 heterocycles. The van der Waals surface area contributed by atoms with Crippen LogP contribution in [0.5, 0.6) is 0 Å². The summed E-state index contributed by atoms with van der Waals surface area (Å²) >= 11 is 0. The fourth-order valence-corrected chi connectivity index (χ4v) is 3.55. The first-order valence-electron chi connectivity index (χ1n) is 8.73. The highest BCUT2D eigenvalue weighted by Crippen LogP contribution is 2.24. The molecule has 0 radical (unpaired) electrons. The zero-order chi connectivity index (χ0) is 17.2. The smallest absolute Gasteiger partial charge is 0.223 e. The lowest BCUT2D eigenvalue weighted by atomic mass is 9.99. The highest BCUT2D eigenvalue weighted by molar-refractivity contribution is 5.79. The van der Waals surface area contributed by atoms with Crippen molar-refractivity contribution in [2.24, 2.45) is 5.92 Å². The second-order valence-corrected chi connectivity index (χ2v) is 6.78. The van der Waals surface area contributed by atoms with Crippen molar-refractivity contribution in [1.82, 2.24) is 14.9 Å². The van der Waals surface area contributed by atoms with Gasteiger partial charge < -0.3 is 4.90 Å². The molecule has 0 aliphatic carbocycles. The molecule has 2 aromatic carbocycles. The van der Waals surface area contributed by atoms with E-state index < -0.39 is 0 Å². The lowest BCUT2D eigenvalue weighted by Crippen LogP contribution is -2.26. The molecule has 0 N–H and O–H groups in total. The molecular formula is C21H21N3O. The third-order valence-corrected chi connectivity index (χ3v) is 4.85. The average molecular weight is 331 g/mol. The Hall–Kier alpha value is -2.75. The van der Waals surface area contributed by atoms with Crippen LogP contribution in [0.15, 0.2) is 54.6 Å². The van der Waals surface area contributed by atoms with Crippen molar-refractivity contribution in [3.63, 3.8) is 0 Å². The Labute approximate surface area is 147 Å². The fourth-order valence-electron chi connectivity index (χ4n) is 3.55. The number of hydrogen-bond acceptors (Lipinski definition) is 3. The van der Waals surface area contributed by atoms with E-state index in [0.29, 0.717) is 18.9 Å². The molecular weight excluding hydrogens is 310 g/mol. The van der Waals surface area contributed by atoms with Gasteiger partial charge in [0.2, 0.25) is 5.91 Å². The van der Waals surface area contributed by atoms with Crippen molar-refractivity contribution < 1.29 is 4.79 Å². The third-order valence-electron chi connectivity index (χ3n) is 4.85. The van der Waals surface area contributed by atoms with Gasteiger partial charge in [-0.15, -0.1) is 0 Å². The number of benzene rings is 2. The number of likely N-dealkylation sites (tertiary alicyclic amines) is 1. The first-order valence-corrected chi connectivity index (χ1v) is 8.73. The number of hydrogen-bond donors (Lipinski definition) is 0. The molecule has 1 saturated heterocycles. The Morgan fingerprint density at radius 3 is 2.44 bits per heavy atom. The van der Waals surface area contributed by atoms with Gasteiger partial charge >= 0.3 is 0 Å². The zero-order valence-corrected chi connectivity index (χ0v) is 14.4. The summed E-state index contributed by atoms with van der Waals surface area (Å²) < 4.78 is 0. The van der Waals surface area contributed by atoms with E-state index in [0.717, 1.165) is 35.4 Å². The van der Waals surface area contributed by atoms with E-state index in [9.17, 15) is 4.79 Å². The molecule has 1 amide bonds. The highest BCUT2D eigenvalue weighted by Gasteiger charge is 2.30. The fraction of sp³-hybridized carbons (Fsp3) is 0.286. The van der Waals surface area contributed by atoms with Crippen LogP contribution in [0.3, 0.4) is 0 Å². The van der Waals surface area contributed by atoms with Crippen molar-refractivity contribution in [3.8, 4) is 0 Å². The van der Waals surface area contributed by atoms with E-state index in [1.54, 1.807) is 0 Å². The van der Waals surface area contributed by atoms with E-state index in [1.165, 1.54) is 5.56 Å². The van der Waals surface area contributed by atoms with E-state index in [1.807, 2.05) is 42.2 Å². The molecule has 0 bridgehead atoms. The van der Waals surface area contributed by atoms with Gasteiger partial charge in [0, 0.05) is 13.0 Å². The second kappa shape index (κ2) is 6.63. The van der Waals surface area contributed by atoms with Gasteiger partial charge in [-0.3, -0.25) is 4.79 Å². The maximum absolute atomic E-state index is 12.4. The normalized spacial score (nSPS) is 17.4. The van der Waals surface area contributed by atoms with E-state index in [4.69, 9.17) is 4.98 Å². The summed E-state index contributed by atoms with van der Waals surface area (Å²) in [5.41, 5.74) is 4.88. The number of carbonyl (C=O) groups is 1. The molecule has 1 unspecified atom stereocenters. The quantitative estimate of drug-likeness (QED) is 0.735. The van der Waals surface area contributed by atoms with Gasteiger partial charge in [0.1, 0.15) is 0 Å². The lowest BCUT2D eigenvalue weighted by Gasteiger charge is -2.17. The SMILES string of the molecule is Cc1nc2ccccc2nc1CN1CC(Cc2ccccc2)CC1=O. The Balaban J connectivity index is 1.49. The summed E-state index contributed by atoms with van der Waals surface area (Å²) in [5.74, 6) is 0.596. The summed E-state index contributed by atoms with van der Waals surface area (Å²) in [6.45, 7) is 3.31. The first-order chi connectivity index (χ1) is 12.2. The van der Waals surface area contributed by atoms with Crippen molar-refractivity contribution in [3.05, 3.63) is 71.5 Å². The minimum Gasteiger partial charge on any atom is -0.336 e. The molecule has 1 aliphatic heterocycles. The number of fused-ring (bicyclic) bond motifs is 1. The Morgan fingerprint density at radius 2 is 1.68 bits per heavy atom. The lowest BCUT2D eigenvalue weighted by molar-refractivity contribution is -0.128. The number of para-hydroxylation sites is 2. The summed E-state index contributed by atoms with van der Waals surface area (Å²) in [6.07, 6.45) is 1.57. The molecule has 3 aromatic rings. The minimum atomic E-state index is 0.218. The van der Waals surface area contributed by atoms with Crippen molar-refractivity contribution in [2.75, 3.05) is 6.54 Å². The van der Waals surface area contributed by atoms with E-state index in [-0.39, 0.29) is 5.91 Å². The number of carbonyl (C=O) groups excluding carboxylic acids is 1. The van der Waals surface area contributed by atoms with Gasteiger partial charge in [-0.2, -0.15) is 0 Å². The van der Waals surface area contributed by atoms with Crippen LogP contribution in [0.1, 0.15) is 23.4 Å². The van der Waals surface area contributed by atoms with Crippen LogP contribution < -0.4 is 0 Å². The monoisotopic (exact) mass is 331 g/mol. The molecule has 25 heavy (non-hydrogen) atoms. The van der Waals surface area contributed by atoms with Crippen molar-refractivity contribution in [2.45, 2.75) is 26.3 Å². The summed E-state index contributed by atoms with van der Waals surface area (Å²) in [7, 11) is 0. The molecule has 4 rings (SSSR count). The van der Waals surface area contributed by atoms with Gasteiger partial charge in [-0.05, 0) is 37.0 Å². The van der Waals surface area contributed by atoms with Gasteiger partial charge in [-0.1, -0.05) is 42.5 Å². The number of nitrogens with zero attached hydrogens (tertiary/aromatic N) is 3. The summed E-state index contributed by atoms with van der Waals surface area (Å²) in [5, 5.41) is 0. The molecule has 1 aliphatic rings. The Bertz CT molecular complexity index is 907. The maximum Gasteiger partial charge on any atom is 0.223 e. The van der Waals surface area contributed by atoms with Crippen LogP contribution in [0.25, 0.3) is 11.0 Å². The Kier molecular flexibility index (Phi) is 4.18. The highest BCUT2D eigenvalue weighted by atomic mass is 16.2. The standard InChI is InChI=1S/C21H21N3O/c1-15-20(23-19-10-6-5-9-18(19)22-15)14-24-13-17(12-21(24)25)11-16-7-3-2-4-8-16/h2-10,17H,11-14H2,1H3. The average Bonchev–Trinajstić information content (AvgIpc) is 2.95. The number of aryl methyl sites for hydroxylation is 1. The van der Waals surface area contributed by atoms with Crippen LogP contribution in [-0.4, -0.2) is 27.3 Å². The zero-order valence-electron chi connectivity index (χ0n) is 14.4. The molecule has 126 valence electrons. The molecule has 4 heteroatoms.